The molecule has 0 saturated heterocycles. The summed E-state index contributed by atoms with van der Waals surface area (Å²) in [5.74, 6) is 2.78. The number of allylic oxidation sites excluding steroid dienone is 4. The molecule has 2 aliphatic rings. The lowest BCUT2D eigenvalue weighted by Gasteiger charge is -2.37. The van der Waals surface area contributed by atoms with Gasteiger partial charge in [-0.3, -0.25) is 0 Å². The fourth-order valence-electron chi connectivity index (χ4n) is 5.13. The summed E-state index contributed by atoms with van der Waals surface area (Å²) in [6.07, 6.45) is 24.7. The van der Waals surface area contributed by atoms with Crippen molar-refractivity contribution in [2.24, 2.45) is 23.7 Å². The number of rotatable bonds is 9. The fourth-order valence-corrected chi connectivity index (χ4v) is 5.13. The van der Waals surface area contributed by atoms with Crippen molar-refractivity contribution in [3.8, 4) is 6.07 Å². The Bertz CT molecular complexity index is 471. The van der Waals surface area contributed by atoms with Gasteiger partial charge in [0.15, 0.2) is 5.83 Å². The van der Waals surface area contributed by atoms with Crippen LogP contribution in [0.5, 0.6) is 0 Å². The Morgan fingerprint density at radius 2 is 1.54 bits per heavy atom. The van der Waals surface area contributed by atoms with E-state index < -0.39 is 5.83 Å². The highest BCUT2D eigenvalue weighted by Gasteiger charge is 2.30. The average molecular weight is 360 g/mol. The van der Waals surface area contributed by atoms with Gasteiger partial charge in [-0.1, -0.05) is 70.4 Å². The summed E-state index contributed by atoms with van der Waals surface area (Å²) in [7, 11) is 0. The van der Waals surface area contributed by atoms with E-state index in [9.17, 15) is 4.39 Å². The first-order chi connectivity index (χ1) is 12.7. The van der Waals surface area contributed by atoms with E-state index in [2.05, 4.69) is 13.0 Å². The molecule has 2 rings (SSSR count). The number of halogens is 1. The zero-order chi connectivity index (χ0) is 18.6. The minimum atomic E-state index is -0.697. The van der Waals surface area contributed by atoms with Crippen LogP contribution < -0.4 is 0 Å². The number of hydrogen-bond donors (Lipinski definition) is 0. The van der Waals surface area contributed by atoms with Crippen molar-refractivity contribution in [3.05, 3.63) is 24.1 Å². The van der Waals surface area contributed by atoms with Crippen LogP contribution in [0, 0.1) is 35.0 Å². The van der Waals surface area contributed by atoms with E-state index in [1.54, 1.807) is 6.08 Å². The third-order valence-corrected chi connectivity index (χ3v) is 6.82. The number of hydrogen-bond acceptors (Lipinski definition) is 1. The molecule has 2 aliphatic carbocycles. The first-order valence-electron chi connectivity index (χ1n) is 11.2. The summed E-state index contributed by atoms with van der Waals surface area (Å²) < 4.78 is 12.8. The minimum Gasteiger partial charge on any atom is -0.195 e. The van der Waals surface area contributed by atoms with Crippen molar-refractivity contribution in [1.82, 2.24) is 0 Å². The summed E-state index contributed by atoms with van der Waals surface area (Å²) in [4.78, 5) is 0. The van der Waals surface area contributed by atoms with Gasteiger partial charge in [0.2, 0.25) is 0 Å². The molecule has 0 aromatic rings. The highest BCUT2D eigenvalue weighted by molar-refractivity contribution is 5.19. The molecule has 0 aromatic carbocycles. The van der Waals surface area contributed by atoms with E-state index in [0.29, 0.717) is 5.92 Å². The van der Waals surface area contributed by atoms with E-state index in [-0.39, 0.29) is 0 Å². The molecule has 26 heavy (non-hydrogen) atoms. The van der Waals surface area contributed by atoms with Crippen LogP contribution in [-0.2, 0) is 0 Å². The zero-order valence-corrected chi connectivity index (χ0v) is 16.8. The van der Waals surface area contributed by atoms with E-state index in [1.165, 1.54) is 102 Å². The summed E-state index contributed by atoms with van der Waals surface area (Å²) in [6, 6.07) is 1.52. The highest BCUT2D eigenvalue weighted by Crippen LogP contribution is 2.42. The third-order valence-electron chi connectivity index (χ3n) is 6.82. The van der Waals surface area contributed by atoms with Gasteiger partial charge in [0.05, 0.1) is 0 Å². The Labute approximate surface area is 160 Å². The predicted molar refractivity (Wildman–Crippen MR) is 108 cm³/mol. The van der Waals surface area contributed by atoms with Crippen LogP contribution >= 0.6 is 0 Å². The van der Waals surface area contributed by atoms with Gasteiger partial charge in [-0.2, -0.15) is 9.65 Å². The van der Waals surface area contributed by atoms with E-state index in [1.807, 2.05) is 0 Å². The average Bonchev–Trinajstić information content (AvgIpc) is 2.69. The van der Waals surface area contributed by atoms with Gasteiger partial charge in [0.25, 0.3) is 0 Å². The Balaban J connectivity index is 1.60. The Hall–Kier alpha value is -1.10. The van der Waals surface area contributed by atoms with Gasteiger partial charge in [-0.15, -0.1) is 0 Å². The lowest BCUT2D eigenvalue weighted by Crippen LogP contribution is -2.25. The zero-order valence-electron chi connectivity index (χ0n) is 16.8. The van der Waals surface area contributed by atoms with Gasteiger partial charge in [-0.25, -0.2) is 0 Å². The normalized spacial score (nSPS) is 30.4. The van der Waals surface area contributed by atoms with Gasteiger partial charge < -0.3 is 0 Å². The number of unbranched alkanes of at least 4 members (excludes halogenated alkanes) is 4. The van der Waals surface area contributed by atoms with Crippen molar-refractivity contribution in [1.29, 1.82) is 5.26 Å². The molecule has 0 aliphatic heterocycles. The molecule has 0 spiro atoms. The molecule has 0 amide bonds. The monoisotopic (exact) mass is 359 g/mol. The maximum Gasteiger partial charge on any atom is 0.199 e. The fraction of sp³-hybridized carbons (Fsp3) is 0.792. The SMILES string of the molecule is CCCCCCC[C@H]1CC[C@H](C2CCC(/C=C/C=C(\F)C#N)CC2)CC1. The minimum absolute atomic E-state index is 0.577. The molecule has 0 bridgehead atoms. The lowest BCUT2D eigenvalue weighted by molar-refractivity contribution is 0.151. The smallest absolute Gasteiger partial charge is 0.195 e. The van der Waals surface area contributed by atoms with Crippen LogP contribution in [-0.4, -0.2) is 0 Å². The Kier molecular flexibility index (Phi) is 10.0. The summed E-state index contributed by atoms with van der Waals surface area (Å²) in [6.45, 7) is 2.29. The van der Waals surface area contributed by atoms with Crippen molar-refractivity contribution in [2.75, 3.05) is 0 Å². The van der Waals surface area contributed by atoms with Crippen molar-refractivity contribution >= 4 is 0 Å². The molecule has 0 aromatic heterocycles. The first kappa shape index (κ1) is 21.2. The van der Waals surface area contributed by atoms with E-state index in [0.717, 1.165) is 17.8 Å². The largest absolute Gasteiger partial charge is 0.199 e. The first-order valence-corrected chi connectivity index (χ1v) is 11.2. The van der Waals surface area contributed by atoms with Crippen LogP contribution in [0.1, 0.15) is 96.8 Å². The molecule has 0 unspecified atom stereocenters. The molecule has 0 atom stereocenters. The van der Waals surface area contributed by atoms with Crippen LogP contribution in [0.4, 0.5) is 4.39 Å². The van der Waals surface area contributed by atoms with E-state index >= 15 is 0 Å². The topological polar surface area (TPSA) is 23.8 Å². The molecule has 2 saturated carbocycles. The van der Waals surface area contributed by atoms with Crippen LogP contribution in [0.2, 0.25) is 0 Å². The number of nitriles is 1. The van der Waals surface area contributed by atoms with Crippen molar-refractivity contribution in [2.45, 2.75) is 96.8 Å². The molecule has 0 heterocycles. The summed E-state index contributed by atoms with van der Waals surface area (Å²) >= 11 is 0. The Morgan fingerprint density at radius 3 is 2.15 bits per heavy atom. The molecular formula is C24H38FN. The molecule has 2 fully saturated rings. The molecule has 146 valence electrons. The van der Waals surface area contributed by atoms with Crippen molar-refractivity contribution in [3.63, 3.8) is 0 Å². The van der Waals surface area contributed by atoms with Crippen LogP contribution in [0.3, 0.4) is 0 Å². The molecule has 1 nitrogen and oxygen atoms in total. The molecule has 0 radical (unpaired) electrons. The second-order valence-electron chi connectivity index (χ2n) is 8.67. The van der Waals surface area contributed by atoms with Gasteiger partial charge in [0.1, 0.15) is 6.07 Å². The number of nitrogens with zero attached hydrogens (tertiary/aromatic N) is 1. The Morgan fingerprint density at radius 1 is 0.923 bits per heavy atom. The quantitative estimate of drug-likeness (QED) is 0.233. The summed E-state index contributed by atoms with van der Waals surface area (Å²) in [5.41, 5.74) is 0. The highest BCUT2D eigenvalue weighted by atomic mass is 19.1. The predicted octanol–water partition coefficient (Wildman–Crippen LogP) is 7.89. The summed E-state index contributed by atoms with van der Waals surface area (Å²) in [5, 5.41) is 8.42. The standard InChI is InChI=1S/C24H38FN/c1-2-3-4-5-6-8-20-11-15-22(16-12-20)23-17-13-21(14-18-23)9-7-10-24(25)19-26/h7,9-10,20-23H,2-6,8,11-18H2,1H3/b9-7+,24-10-/t20-,21?,22-,23?. The maximum atomic E-state index is 12.8. The van der Waals surface area contributed by atoms with Gasteiger partial charge in [-0.05, 0) is 68.3 Å². The second-order valence-corrected chi connectivity index (χ2v) is 8.67. The lowest BCUT2D eigenvalue weighted by atomic mass is 9.68. The maximum absolute atomic E-state index is 12.8. The second kappa shape index (κ2) is 12.3. The molecule has 0 N–H and O–H groups in total. The molecular weight excluding hydrogens is 321 g/mol. The molecule has 2 heteroatoms. The van der Waals surface area contributed by atoms with Crippen molar-refractivity contribution < 1.29 is 4.39 Å². The van der Waals surface area contributed by atoms with Crippen LogP contribution in [0.15, 0.2) is 24.1 Å². The van der Waals surface area contributed by atoms with Crippen LogP contribution in [0.25, 0.3) is 0 Å². The van der Waals surface area contributed by atoms with Gasteiger partial charge in [0, 0.05) is 0 Å². The van der Waals surface area contributed by atoms with E-state index in [4.69, 9.17) is 5.26 Å². The van der Waals surface area contributed by atoms with Gasteiger partial charge >= 0.3 is 0 Å². The third kappa shape index (κ3) is 7.65.